The van der Waals surface area contributed by atoms with Crippen molar-refractivity contribution in [2.45, 2.75) is 12.5 Å². The molecule has 4 nitrogen and oxygen atoms in total. The number of carboxylic acids is 1. The van der Waals surface area contributed by atoms with E-state index in [1.165, 1.54) is 17.4 Å². The lowest BCUT2D eigenvalue weighted by Crippen LogP contribution is -2.40. The largest absolute Gasteiger partial charge is 0.480 e. The second kappa shape index (κ2) is 6.32. The van der Waals surface area contributed by atoms with Crippen molar-refractivity contribution in [3.63, 3.8) is 0 Å². The molecular formula is C10H9Br2NO3S. The summed E-state index contributed by atoms with van der Waals surface area (Å²) in [6.07, 6.45) is 1.65. The van der Waals surface area contributed by atoms with Crippen molar-refractivity contribution in [3.8, 4) is 0 Å². The van der Waals surface area contributed by atoms with E-state index in [4.69, 9.17) is 5.11 Å². The van der Waals surface area contributed by atoms with Crippen LogP contribution in [0.1, 0.15) is 16.1 Å². The van der Waals surface area contributed by atoms with E-state index in [1.807, 2.05) is 0 Å². The monoisotopic (exact) mass is 381 g/mol. The summed E-state index contributed by atoms with van der Waals surface area (Å²) in [6.45, 7) is 3.45. The van der Waals surface area contributed by atoms with Crippen LogP contribution in [-0.2, 0) is 4.79 Å². The van der Waals surface area contributed by atoms with Gasteiger partial charge in [-0.2, -0.15) is 0 Å². The van der Waals surface area contributed by atoms with Crippen LogP contribution >= 0.6 is 43.2 Å². The van der Waals surface area contributed by atoms with Gasteiger partial charge in [-0.15, -0.1) is 17.9 Å². The molecule has 0 bridgehead atoms. The van der Waals surface area contributed by atoms with E-state index in [1.54, 1.807) is 6.07 Å². The molecule has 0 aromatic carbocycles. The molecular weight excluding hydrogens is 374 g/mol. The van der Waals surface area contributed by atoms with Crippen molar-refractivity contribution in [1.29, 1.82) is 0 Å². The predicted octanol–water partition coefficient (Wildman–Crippen LogP) is 3.03. The van der Waals surface area contributed by atoms with Gasteiger partial charge in [0.15, 0.2) is 0 Å². The fourth-order valence-corrected chi connectivity index (χ4v) is 3.01. The van der Waals surface area contributed by atoms with Crippen LogP contribution in [0.4, 0.5) is 0 Å². The van der Waals surface area contributed by atoms with Crippen LogP contribution in [0, 0.1) is 0 Å². The Labute approximate surface area is 119 Å². The number of carbonyl (C=O) groups excluding carboxylic acids is 1. The molecule has 0 radical (unpaired) electrons. The molecule has 0 spiro atoms. The Bertz CT molecular complexity index is 439. The smallest absolute Gasteiger partial charge is 0.326 e. The molecule has 0 aliphatic carbocycles. The maximum absolute atomic E-state index is 11.8. The molecule has 92 valence electrons. The van der Waals surface area contributed by atoms with E-state index in [9.17, 15) is 9.59 Å². The van der Waals surface area contributed by atoms with E-state index in [-0.39, 0.29) is 6.42 Å². The SMILES string of the molecule is C=CCC(NC(=O)c1cc(Br)c(Br)s1)C(=O)O. The summed E-state index contributed by atoms with van der Waals surface area (Å²) in [5, 5.41) is 11.3. The van der Waals surface area contributed by atoms with Gasteiger partial charge >= 0.3 is 5.97 Å². The van der Waals surface area contributed by atoms with Gasteiger partial charge in [0.25, 0.3) is 5.91 Å². The lowest BCUT2D eigenvalue weighted by Gasteiger charge is -2.11. The van der Waals surface area contributed by atoms with Gasteiger partial charge in [-0.05, 0) is 44.3 Å². The highest BCUT2D eigenvalue weighted by Crippen LogP contribution is 2.32. The van der Waals surface area contributed by atoms with Crippen LogP contribution in [0.15, 0.2) is 27.0 Å². The summed E-state index contributed by atoms with van der Waals surface area (Å²) in [5.41, 5.74) is 0. The molecule has 2 N–H and O–H groups in total. The quantitative estimate of drug-likeness (QED) is 0.769. The third-order valence-corrected chi connectivity index (χ3v) is 5.13. The molecule has 17 heavy (non-hydrogen) atoms. The number of hydrogen-bond donors (Lipinski definition) is 2. The van der Waals surface area contributed by atoms with E-state index in [2.05, 4.69) is 43.8 Å². The van der Waals surface area contributed by atoms with Crippen molar-refractivity contribution in [2.24, 2.45) is 0 Å². The van der Waals surface area contributed by atoms with Crippen LogP contribution < -0.4 is 5.32 Å². The fourth-order valence-electron chi connectivity index (χ4n) is 1.08. The number of rotatable bonds is 5. The number of aliphatic carboxylic acids is 1. The highest BCUT2D eigenvalue weighted by atomic mass is 79.9. The highest BCUT2D eigenvalue weighted by Gasteiger charge is 2.20. The second-order valence-corrected chi connectivity index (χ2v) is 6.35. The fraction of sp³-hybridized carbons (Fsp3) is 0.200. The van der Waals surface area contributed by atoms with E-state index in [0.717, 1.165) is 8.26 Å². The number of hydrogen-bond acceptors (Lipinski definition) is 3. The number of thiophene rings is 1. The first-order chi connectivity index (χ1) is 7.95. The Morgan fingerprint density at radius 3 is 2.65 bits per heavy atom. The molecule has 1 rings (SSSR count). The molecule has 1 unspecified atom stereocenters. The summed E-state index contributed by atoms with van der Waals surface area (Å²) in [5.74, 6) is -1.48. The van der Waals surface area contributed by atoms with E-state index < -0.39 is 17.9 Å². The number of carbonyl (C=O) groups is 2. The molecule has 7 heteroatoms. The Kier molecular flexibility index (Phi) is 5.35. The normalized spacial score (nSPS) is 11.9. The van der Waals surface area contributed by atoms with Crippen molar-refractivity contribution < 1.29 is 14.7 Å². The third-order valence-electron chi connectivity index (χ3n) is 1.87. The molecule has 1 atom stereocenters. The van der Waals surface area contributed by atoms with E-state index in [0.29, 0.717) is 4.88 Å². The molecule has 0 fully saturated rings. The Hall–Kier alpha value is -0.660. The van der Waals surface area contributed by atoms with Crippen LogP contribution in [-0.4, -0.2) is 23.0 Å². The molecule has 0 aliphatic heterocycles. The maximum Gasteiger partial charge on any atom is 0.326 e. The molecule has 0 saturated carbocycles. The van der Waals surface area contributed by atoms with Gasteiger partial charge in [-0.25, -0.2) is 4.79 Å². The lowest BCUT2D eigenvalue weighted by molar-refractivity contribution is -0.139. The van der Waals surface area contributed by atoms with Crippen molar-refractivity contribution in [1.82, 2.24) is 5.32 Å². The van der Waals surface area contributed by atoms with Crippen molar-refractivity contribution in [3.05, 3.63) is 31.9 Å². The zero-order valence-electron chi connectivity index (χ0n) is 8.57. The van der Waals surface area contributed by atoms with Crippen molar-refractivity contribution >= 4 is 55.1 Å². The first-order valence-electron chi connectivity index (χ1n) is 4.55. The van der Waals surface area contributed by atoms with Crippen LogP contribution in [0.2, 0.25) is 0 Å². The molecule has 1 aromatic heterocycles. The average molecular weight is 383 g/mol. The summed E-state index contributed by atoms with van der Waals surface area (Å²) in [6, 6.07) is 0.691. The lowest BCUT2D eigenvalue weighted by atomic mass is 10.2. The predicted molar refractivity (Wildman–Crippen MR) is 73.4 cm³/mol. The van der Waals surface area contributed by atoms with E-state index >= 15 is 0 Å². The first kappa shape index (κ1) is 14.4. The van der Waals surface area contributed by atoms with Gasteiger partial charge in [0.05, 0.1) is 8.66 Å². The van der Waals surface area contributed by atoms with Crippen LogP contribution in [0.3, 0.4) is 0 Å². The first-order valence-corrected chi connectivity index (χ1v) is 6.95. The second-order valence-electron chi connectivity index (χ2n) is 3.12. The van der Waals surface area contributed by atoms with Crippen LogP contribution in [0.5, 0.6) is 0 Å². The highest BCUT2D eigenvalue weighted by molar-refractivity contribution is 9.13. The molecule has 0 saturated heterocycles. The van der Waals surface area contributed by atoms with Gasteiger partial charge in [-0.1, -0.05) is 6.08 Å². The van der Waals surface area contributed by atoms with Crippen LogP contribution in [0.25, 0.3) is 0 Å². The minimum atomic E-state index is -1.08. The Morgan fingerprint density at radius 2 is 2.24 bits per heavy atom. The summed E-state index contributed by atoms with van der Waals surface area (Å²) in [4.78, 5) is 23.1. The van der Waals surface area contributed by atoms with Gasteiger partial charge in [0, 0.05) is 4.47 Å². The number of halogens is 2. The molecule has 1 heterocycles. The molecule has 1 amide bonds. The Morgan fingerprint density at radius 1 is 1.59 bits per heavy atom. The summed E-state index contributed by atoms with van der Waals surface area (Å²) >= 11 is 7.76. The number of amides is 1. The number of nitrogens with one attached hydrogen (secondary N) is 1. The molecule has 1 aromatic rings. The zero-order chi connectivity index (χ0) is 13.0. The summed E-state index contributed by atoms with van der Waals surface area (Å²) in [7, 11) is 0. The van der Waals surface area contributed by atoms with Gasteiger partial charge in [0.2, 0.25) is 0 Å². The van der Waals surface area contributed by atoms with Gasteiger partial charge in [-0.3, -0.25) is 4.79 Å². The topological polar surface area (TPSA) is 66.4 Å². The average Bonchev–Trinajstić information content (AvgIpc) is 2.58. The summed E-state index contributed by atoms with van der Waals surface area (Å²) < 4.78 is 1.56. The third kappa shape index (κ3) is 3.93. The minimum absolute atomic E-state index is 0.189. The van der Waals surface area contributed by atoms with Crippen molar-refractivity contribution in [2.75, 3.05) is 0 Å². The zero-order valence-corrected chi connectivity index (χ0v) is 12.6. The molecule has 0 aliphatic rings. The van der Waals surface area contributed by atoms with Gasteiger partial charge in [0.1, 0.15) is 6.04 Å². The number of carboxylic acid groups (broad SMARTS) is 1. The standard InChI is InChI=1S/C10H9Br2NO3S/c1-2-3-6(10(15)16)13-9(14)7-4-5(11)8(12)17-7/h2,4,6H,1,3H2,(H,13,14)(H,15,16). The Balaban J connectivity index is 2.76. The minimum Gasteiger partial charge on any atom is -0.480 e. The maximum atomic E-state index is 11.8. The van der Waals surface area contributed by atoms with Gasteiger partial charge < -0.3 is 10.4 Å².